The van der Waals surface area contributed by atoms with Crippen molar-refractivity contribution in [1.82, 2.24) is 14.2 Å². The second-order valence-corrected chi connectivity index (χ2v) is 7.08. The predicted molar refractivity (Wildman–Crippen MR) is 84.1 cm³/mol. The highest BCUT2D eigenvalue weighted by molar-refractivity contribution is 5.41. The van der Waals surface area contributed by atoms with Gasteiger partial charge in [-0.25, -0.2) is 0 Å². The van der Waals surface area contributed by atoms with Crippen molar-refractivity contribution in [1.29, 1.82) is 0 Å². The minimum atomic E-state index is -4.78. The zero-order valence-electron chi connectivity index (χ0n) is 14.2. The Balaban J connectivity index is 2.72. The molecule has 24 heavy (non-hydrogen) atoms. The first-order chi connectivity index (χ1) is 10.9. The number of halogens is 3. The fraction of sp³-hybridized carbons (Fsp3) is 0.625. The van der Waals surface area contributed by atoms with Crippen LogP contribution in [0.5, 0.6) is 0 Å². The smallest absolute Gasteiger partial charge is 0.379 e. The molecular weight excluding hydrogens is 323 g/mol. The summed E-state index contributed by atoms with van der Waals surface area (Å²) in [6.07, 6.45) is -3.67. The van der Waals surface area contributed by atoms with Crippen LogP contribution in [0, 0.1) is 0 Å². The van der Waals surface area contributed by atoms with Crippen LogP contribution in [0.1, 0.15) is 46.2 Å². The molecule has 0 aromatic carbocycles. The monoisotopic (exact) mass is 345 g/mol. The summed E-state index contributed by atoms with van der Waals surface area (Å²) >= 11 is 0. The molecule has 0 aliphatic rings. The molecule has 0 saturated carbocycles. The zero-order valence-corrected chi connectivity index (χ0v) is 14.2. The summed E-state index contributed by atoms with van der Waals surface area (Å²) in [5, 5.41) is 14.2. The van der Waals surface area contributed by atoms with E-state index in [9.17, 15) is 23.1 Å². The highest BCUT2D eigenvalue weighted by Gasteiger charge is 2.53. The van der Waals surface area contributed by atoms with Crippen molar-refractivity contribution in [3.63, 3.8) is 0 Å². The first-order valence-electron chi connectivity index (χ1n) is 7.78. The molecule has 5 nitrogen and oxygen atoms in total. The van der Waals surface area contributed by atoms with Gasteiger partial charge in [0.2, 0.25) is 0 Å². The number of aromatic nitrogens is 3. The van der Waals surface area contributed by atoms with E-state index in [0.29, 0.717) is 5.69 Å². The molecule has 2 heterocycles. The van der Waals surface area contributed by atoms with Gasteiger partial charge in [0, 0.05) is 23.2 Å². The van der Waals surface area contributed by atoms with Gasteiger partial charge in [0.1, 0.15) is 5.65 Å². The van der Waals surface area contributed by atoms with Crippen LogP contribution in [0.4, 0.5) is 13.2 Å². The topological polar surface area (TPSA) is 59.5 Å². The van der Waals surface area contributed by atoms with Crippen molar-refractivity contribution >= 4 is 5.65 Å². The van der Waals surface area contributed by atoms with Crippen molar-refractivity contribution in [3.05, 3.63) is 34.4 Å². The molecule has 134 valence electrons. The lowest BCUT2D eigenvalue weighted by atomic mass is 9.90. The highest BCUT2D eigenvalue weighted by Crippen LogP contribution is 2.37. The molecule has 1 unspecified atom stereocenters. The first-order valence-corrected chi connectivity index (χ1v) is 7.78. The van der Waals surface area contributed by atoms with Crippen LogP contribution in [-0.4, -0.2) is 31.1 Å². The van der Waals surface area contributed by atoms with E-state index in [2.05, 4.69) is 5.10 Å². The maximum Gasteiger partial charge on any atom is 0.418 e. The molecule has 8 heteroatoms. The van der Waals surface area contributed by atoms with Crippen LogP contribution < -0.4 is 5.56 Å². The fourth-order valence-corrected chi connectivity index (χ4v) is 2.82. The number of aliphatic hydroxyl groups is 1. The Hall–Kier alpha value is -1.83. The van der Waals surface area contributed by atoms with Crippen molar-refractivity contribution in [2.45, 2.75) is 64.3 Å². The van der Waals surface area contributed by atoms with Gasteiger partial charge < -0.3 is 9.67 Å². The largest absolute Gasteiger partial charge is 0.418 e. The molecule has 2 rings (SSSR count). The summed E-state index contributed by atoms with van der Waals surface area (Å²) in [4.78, 5) is 12.2. The van der Waals surface area contributed by atoms with E-state index in [-0.39, 0.29) is 12.1 Å². The molecule has 1 atom stereocenters. The van der Waals surface area contributed by atoms with Crippen LogP contribution >= 0.6 is 0 Å². The molecule has 0 fully saturated rings. The Bertz CT molecular complexity index is 786. The van der Waals surface area contributed by atoms with Gasteiger partial charge in [-0.3, -0.25) is 4.79 Å². The van der Waals surface area contributed by atoms with Crippen LogP contribution in [0.25, 0.3) is 5.65 Å². The number of alkyl halides is 3. The van der Waals surface area contributed by atoms with E-state index < -0.39 is 35.7 Å². The zero-order chi connectivity index (χ0) is 18.3. The molecule has 0 bridgehead atoms. The van der Waals surface area contributed by atoms with Gasteiger partial charge in [-0.2, -0.15) is 22.8 Å². The van der Waals surface area contributed by atoms with E-state index in [1.165, 1.54) is 22.9 Å². The van der Waals surface area contributed by atoms with Crippen LogP contribution in [0.2, 0.25) is 0 Å². The van der Waals surface area contributed by atoms with Crippen molar-refractivity contribution in [2.75, 3.05) is 0 Å². The van der Waals surface area contributed by atoms with Gasteiger partial charge in [0.15, 0.2) is 5.60 Å². The summed E-state index contributed by atoms with van der Waals surface area (Å²) in [6, 6.07) is 2.75. The minimum absolute atomic E-state index is 0.177. The minimum Gasteiger partial charge on any atom is -0.379 e. The van der Waals surface area contributed by atoms with Crippen molar-refractivity contribution < 1.29 is 18.3 Å². The molecule has 1 N–H and O–H groups in total. The molecule has 0 aliphatic heterocycles. The number of fused-ring (bicyclic) bond motifs is 1. The van der Waals surface area contributed by atoms with Crippen LogP contribution in [0.15, 0.2) is 23.1 Å². The standard InChI is InChI=1S/C16H22F3N3O2/c1-5-7-15(24,16(17,18)19)10-21-11(14(2,3)4)9-13(23)22-12(21)6-8-20-22/h6,8-9,24H,5,7,10H2,1-4H3. The summed E-state index contributed by atoms with van der Waals surface area (Å²) in [5.74, 6) is 0. The summed E-state index contributed by atoms with van der Waals surface area (Å²) < 4.78 is 42.8. The van der Waals surface area contributed by atoms with Crippen LogP contribution in [-0.2, 0) is 12.0 Å². The van der Waals surface area contributed by atoms with Gasteiger partial charge in [0.05, 0.1) is 12.7 Å². The molecule has 0 spiro atoms. The number of hydrogen-bond acceptors (Lipinski definition) is 3. The number of rotatable bonds is 4. The average Bonchev–Trinajstić information content (AvgIpc) is 2.89. The lowest BCUT2D eigenvalue weighted by molar-refractivity contribution is -0.267. The summed E-state index contributed by atoms with van der Waals surface area (Å²) in [5.41, 5.74) is -3.22. The Morgan fingerprint density at radius 2 is 1.88 bits per heavy atom. The van der Waals surface area contributed by atoms with Gasteiger partial charge >= 0.3 is 6.18 Å². The van der Waals surface area contributed by atoms with Crippen molar-refractivity contribution in [3.8, 4) is 0 Å². The molecule has 0 amide bonds. The third kappa shape index (κ3) is 3.19. The molecule has 0 saturated heterocycles. The van der Waals surface area contributed by atoms with E-state index in [1.807, 2.05) is 0 Å². The molecule has 2 aromatic heterocycles. The highest BCUT2D eigenvalue weighted by atomic mass is 19.4. The molecule has 0 aliphatic carbocycles. The third-order valence-corrected chi connectivity index (χ3v) is 4.04. The van der Waals surface area contributed by atoms with Crippen LogP contribution in [0.3, 0.4) is 0 Å². The predicted octanol–water partition coefficient (Wildman–Crippen LogP) is 2.89. The normalized spacial score (nSPS) is 15.7. The van der Waals surface area contributed by atoms with Gasteiger partial charge in [-0.1, -0.05) is 34.1 Å². The second kappa shape index (κ2) is 5.91. The third-order valence-electron chi connectivity index (χ3n) is 4.04. The SMILES string of the molecule is CCCC(O)(Cn1c(C(C)(C)C)cc(=O)n2nccc12)C(F)(F)F. The Labute approximate surface area is 137 Å². The molecule has 0 radical (unpaired) electrons. The fourth-order valence-electron chi connectivity index (χ4n) is 2.82. The number of nitrogens with zero attached hydrogens (tertiary/aromatic N) is 3. The summed E-state index contributed by atoms with van der Waals surface area (Å²) in [7, 11) is 0. The summed E-state index contributed by atoms with van der Waals surface area (Å²) in [6.45, 7) is 6.31. The van der Waals surface area contributed by atoms with E-state index in [1.54, 1.807) is 27.7 Å². The van der Waals surface area contributed by atoms with E-state index >= 15 is 0 Å². The second-order valence-electron chi connectivity index (χ2n) is 7.08. The maximum atomic E-state index is 13.5. The average molecular weight is 345 g/mol. The number of hydrogen-bond donors (Lipinski definition) is 1. The lowest BCUT2D eigenvalue weighted by Gasteiger charge is -2.34. The van der Waals surface area contributed by atoms with Gasteiger partial charge in [0.25, 0.3) is 5.56 Å². The Morgan fingerprint density at radius 3 is 2.38 bits per heavy atom. The molecular formula is C16H22F3N3O2. The Morgan fingerprint density at radius 1 is 1.25 bits per heavy atom. The molecule has 2 aromatic rings. The van der Waals surface area contributed by atoms with E-state index in [4.69, 9.17) is 0 Å². The van der Waals surface area contributed by atoms with Gasteiger partial charge in [-0.15, -0.1) is 0 Å². The quantitative estimate of drug-likeness (QED) is 0.927. The van der Waals surface area contributed by atoms with Gasteiger partial charge in [-0.05, 0) is 6.42 Å². The van der Waals surface area contributed by atoms with Crippen molar-refractivity contribution in [2.24, 2.45) is 0 Å². The van der Waals surface area contributed by atoms with E-state index in [0.717, 1.165) is 4.52 Å². The maximum absolute atomic E-state index is 13.5. The first kappa shape index (κ1) is 18.5. The Kier molecular flexibility index (Phi) is 4.56. The lowest BCUT2D eigenvalue weighted by Crippen LogP contribution is -2.49.